The second-order valence-corrected chi connectivity index (χ2v) is 7.93. The Kier molecular flexibility index (Phi) is 3.64. The minimum atomic E-state index is -2.97. The van der Waals surface area contributed by atoms with Crippen molar-refractivity contribution in [3.63, 3.8) is 0 Å². The highest BCUT2D eigenvalue weighted by Gasteiger charge is 2.31. The molecule has 0 aliphatic carbocycles. The molecule has 1 fully saturated rings. The maximum atomic E-state index is 11.7. The van der Waals surface area contributed by atoms with Crippen molar-refractivity contribution >= 4 is 44.2 Å². The molecule has 20 heavy (non-hydrogen) atoms. The van der Waals surface area contributed by atoms with Crippen molar-refractivity contribution in [2.24, 2.45) is 0 Å². The first-order valence-electron chi connectivity index (χ1n) is 6.29. The van der Waals surface area contributed by atoms with Gasteiger partial charge >= 0.3 is 0 Å². The summed E-state index contributed by atoms with van der Waals surface area (Å²) in [6.45, 7) is 0. The summed E-state index contributed by atoms with van der Waals surface area (Å²) >= 11 is 11.7. The van der Waals surface area contributed by atoms with E-state index in [9.17, 15) is 8.42 Å². The van der Waals surface area contributed by atoms with Crippen molar-refractivity contribution in [1.82, 2.24) is 14.5 Å². The van der Waals surface area contributed by atoms with E-state index in [1.54, 1.807) is 12.3 Å². The largest absolute Gasteiger partial charge is 0.308 e. The van der Waals surface area contributed by atoms with Crippen molar-refractivity contribution in [3.8, 4) is 0 Å². The average Bonchev–Trinajstić information content (AvgIpc) is 2.89. The van der Waals surface area contributed by atoms with Gasteiger partial charge in [0.25, 0.3) is 0 Å². The molecule has 2 aromatic rings. The van der Waals surface area contributed by atoms with Gasteiger partial charge in [-0.25, -0.2) is 18.4 Å². The van der Waals surface area contributed by atoms with Crippen LogP contribution in [-0.4, -0.2) is 40.3 Å². The predicted molar refractivity (Wildman–Crippen MR) is 79.3 cm³/mol. The highest BCUT2D eigenvalue weighted by atomic mass is 35.5. The Bertz CT molecular complexity index is 757. The predicted octanol–water partition coefficient (Wildman–Crippen LogP) is 2.23. The molecule has 1 aliphatic rings. The van der Waals surface area contributed by atoms with Crippen LogP contribution in [0.15, 0.2) is 12.3 Å². The highest BCUT2D eigenvalue weighted by Crippen LogP contribution is 2.29. The normalized spacial score (nSPS) is 21.6. The fraction of sp³-hybridized carbons (Fsp3) is 0.500. The first-order valence-corrected chi connectivity index (χ1v) is 9.02. The van der Waals surface area contributed by atoms with Gasteiger partial charge in [0.1, 0.15) is 11.3 Å². The van der Waals surface area contributed by atoms with Crippen molar-refractivity contribution < 1.29 is 8.42 Å². The molecule has 1 saturated heterocycles. The lowest BCUT2D eigenvalue weighted by molar-refractivity contribution is 0.545. The van der Waals surface area contributed by atoms with Gasteiger partial charge in [-0.05, 0) is 12.5 Å². The number of hydrogen-bond acceptors (Lipinski definition) is 4. The van der Waals surface area contributed by atoms with E-state index in [0.717, 1.165) is 5.82 Å². The van der Waals surface area contributed by atoms with Crippen molar-refractivity contribution in [3.05, 3.63) is 23.1 Å². The van der Waals surface area contributed by atoms with Gasteiger partial charge in [0.05, 0.1) is 22.6 Å². The Morgan fingerprint density at radius 3 is 2.90 bits per heavy atom. The Morgan fingerprint density at radius 2 is 2.25 bits per heavy atom. The van der Waals surface area contributed by atoms with Crippen LogP contribution in [0.3, 0.4) is 0 Å². The fourth-order valence-corrected chi connectivity index (χ4v) is 4.65. The lowest BCUT2D eigenvalue weighted by atomic mass is 10.2. The SMILES string of the molecule is O=S1(=O)CCC(n2c(CCCl)nc3cc(Cl)cnc32)C1. The number of imidazole rings is 1. The Hall–Kier alpha value is -0.850. The van der Waals surface area contributed by atoms with E-state index in [1.165, 1.54) is 0 Å². The van der Waals surface area contributed by atoms with Crippen LogP contribution >= 0.6 is 23.2 Å². The molecule has 3 rings (SSSR count). The van der Waals surface area contributed by atoms with Gasteiger partial charge in [0.2, 0.25) is 0 Å². The Morgan fingerprint density at radius 1 is 1.45 bits per heavy atom. The molecule has 2 aromatic heterocycles. The number of sulfone groups is 1. The molecular weight excluding hydrogens is 321 g/mol. The van der Waals surface area contributed by atoms with Crippen LogP contribution in [0.1, 0.15) is 18.3 Å². The summed E-state index contributed by atoms with van der Waals surface area (Å²) in [5.74, 6) is 1.55. The summed E-state index contributed by atoms with van der Waals surface area (Å²) in [6.07, 6.45) is 2.72. The zero-order chi connectivity index (χ0) is 14.3. The van der Waals surface area contributed by atoms with Gasteiger partial charge in [-0.2, -0.15) is 0 Å². The molecular formula is C12H13Cl2N3O2S. The first-order chi connectivity index (χ1) is 9.50. The quantitative estimate of drug-likeness (QED) is 0.808. The molecule has 3 heterocycles. The topological polar surface area (TPSA) is 64.8 Å². The molecule has 0 aromatic carbocycles. The van der Waals surface area contributed by atoms with Crippen LogP contribution in [0.25, 0.3) is 11.2 Å². The average molecular weight is 334 g/mol. The number of pyridine rings is 1. The first kappa shape index (κ1) is 14.1. The van der Waals surface area contributed by atoms with E-state index >= 15 is 0 Å². The minimum absolute atomic E-state index is 0.114. The van der Waals surface area contributed by atoms with Crippen LogP contribution in [0.2, 0.25) is 5.02 Å². The zero-order valence-electron chi connectivity index (χ0n) is 10.6. The highest BCUT2D eigenvalue weighted by molar-refractivity contribution is 7.91. The standard InChI is InChI=1S/C12H13Cl2N3O2S/c13-3-1-11-16-10-5-8(14)6-15-12(10)17(11)9-2-4-20(18,19)7-9/h5-6,9H,1-4,7H2. The summed E-state index contributed by atoms with van der Waals surface area (Å²) in [7, 11) is -2.97. The molecule has 8 heteroatoms. The number of hydrogen-bond donors (Lipinski definition) is 0. The van der Waals surface area contributed by atoms with Crippen molar-refractivity contribution in [1.29, 1.82) is 0 Å². The van der Waals surface area contributed by atoms with Crippen LogP contribution in [0, 0.1) is 0 Å². The third-order valence-electron chi connectivity index (χ3n) is 3.46. The maximum absolute atomic E-state index is 11.7. The molecule has 0 spiro atoms. The van der Waals surface area contributed by atoms with Crippen molar-refractivity contribution in [2.75, 3.05) is 17.4 Å². The number of alkyl halides is 1. The van der Waals surface area contributed by atoms with E-state index in [4.69, 9.17) is 23.2 Å². The summed E-state index contributed by atoms with van der Waals surface area (Å²) in [6, 6.07) is 1.62. The van der Waals surface area contributed by atoms with E-state index < -0.39 is 9.84 Å². The smallest absolute Gasteiger partial charge is 0.160 e. The second-order valence-electron chi connectivity index (χ2n) is 4.89. The Labute approximate surface area is 126 Å². The van der Waals surface area contributed by atoms with Crippen LogP contribution < -0.4 is 0 Å². The van der Waals surface area contributed by atoms with Gasteiger partial charge in [-0.1, -0.05) is 11.6 Å². The molecule has 0 saturated carbocycles. The molecule has 0 radical (unpaired) electrons. The van der Waals surface area contributed by atoms with Crippen molar-refractivity contribution in [2.45, 2.75) is 18.9 Å². The van der Waals surface area contributed by atoms with E-state index in [1.807, 2.05) is 4.57 Å². The van der Waals surface area contributed by atoms with E-state index in [2.05, 4.69) is 9.97 Å². The second kappa shape index (κ2) is 5.16. The Balaban J connectivity index is 2.14. The zero-order valence-corrected chi connectivity index (χ0v) is 12.9. The van der Waals surface area contributed by atoms with Gasteiger partial charge in [0, 0.05) is 18.5 Å². The third-order valence-corrected chi connectivity index (χ3v) is 5.61. The molecule has 0 amide bonds. The van der Waals surface area contributed by atoms with Crippen LogP contribution in [0.4, 0.5) is 0 Å². The fourth-order valence-electron chi connectivity index (χ4n) is 2.63. The van der Waals surface area contributed by atoms with Gasteiger partial charge in [-0.3, -0.25) is 0 Å². The third kappa shape index (κ3) is 2.52. The molecule has 1 unspecified atom stereocenters. The molecule has 5 nitrogen and oxygen atoms in total. The van der Waals surface area contributed by atoms with E-state index in [-0.39, 0.29) is 17.5 Å². The molecule has 0 N–H and O–H groups in total. The number of rotatable bonds is 3. The van der Waals surface area contributed by atoms with Gasteiger partial charge < -0.3 is 4.57 Å². The van der Waals surface area contributed by atoms with Gasteiger partial charge in [0.15, 0.2) is 15.5 Å². The molecule has 1 atom stereocenters. The summed E-state index contributed by atoms with van der Waals surface area (Å²) in [4.78, 5) is 8.80. The maximum Gasteiger partial charge on any atom is 0.160 e. The minimum Gasteiger partial charge on any atom is -0.308 e. The van der Waals surface area contributed by atoms with Crippen LogP contribution in [-0.2, 0) is 16.3 Å². The molecule has 1 aliphatic heterocycles. The lowest BCUT2D eigenvalue weighted by Gasteiger charge is -2.14. The van der Waals surface area contributed by atoms with Crippen LogP contribution in [0.5, 0.6) is 0 Å². The molecule has 108 valence electrons. The number of aromatic nitrogens is 3. The monoisotopic (exact) mass is 333 g/mol. The number of nitrogens with zero attached hydrogens (tertiary/aromatic N) is 3. The summed E-state index contributed by atoms with van der Waals surface area (Å²) in [5.41, 5.74) is 1.36. The summed E-state index contributed by atoms with van der Waals surface area (Å²) in [5, 5.41) is 0.513. The van der Waals surface area contributed by atoms with Gasteiger partial charge in [-0.15, -0.1) is 11.6 Å². The lowest BCUT2D eigenvalue weighted by Crippen LogP contribution is -2.14. The summed E-state index contributed by atoms with van der Waals surface area (Å²) < 4.78 is 25.3. The molecule has 0 bridgehead atoms. The number of fused-ring (bicyclic) bond motifs is 1. The van der Waals surface area contributed by atoms with E-state index in [0.29, 0.717) is 34.9 Å². The number of aryl methyl sites for hydroxylation is 1. The number of halogens is 2.